The van der Waals surface area contributed by atoms with E-state index >= 15 is 0 Å². The van der Waals surface area contributed by atoms with E-state index in [1.807, 2.05) is 24.3 Å². The highest BCUT2D eigenvalue weighted by atomic mass is 16.5. The molecule has 1 fully saturated rings. The summed E-state index contributed by atoms with van der Waals surface area (Å²) in [6.45, 7) is 2.79. The van der Waals surface area contributed by atoms with E-state index in [9.17, 15) is 9.59 Å². The van der Waals surface area contributed by atoms with E-state index in [4.69, 9.17) is 4.74 Å². The summed E-state index contributed by atoms with van der Waals surface area (Å²) in [5.41, 5.74) is 0.867. The number of benzene rings is 1. The highest BCUT2D eigenvalue weighted by Gasteiger charge is 2.41. The monoisotopic (exact) mass is 304 g/mol. The van der Waals surface area contributed by atoms with Gasteiger partial charge in [0, 0.05) is 25.7 Å². The van der Waals surface area contributed by atoms with Crippen molar-refractivity contribution in [3.05, 3.63) is 24.3 Å². The number of amides is 2. The van der Waals surface area contributed by atoms with Crippen molar-refractivity contribution in [3.63, 3.8) is 0 Å². The maximum atomic E-state index is 12.7. The zero-order valence-corrected chi connectivity index (χ0v) is 13.5. The van der Waals surface area contributed by atoms with Crippen molar-refractivity contribution in [1.29, 1.82) is 0 Å². The quantitative estimate of drug-likeness (QED) is 0.876. The lowest BCUT2D eigenvalue weighted by molar-refractivity contribution is -0.127. The Balaban J connectivity index is 2.18. The van der Waals surface area contributed by atoms with Crippen LogP contribution >= 0.6 is 0 Å². The molecule has 0 saturated carbocycles. The van der Waals surface area contributed by atoms with Crippen molar-refractivity contribution in [2.24, 2.45) is 11.8 Å². The molecule has 2 atom stereocenters. The van der Waals surface area contributed by atoms with Gasteiger partial charge in [0.05, 0.1) is 13.0 Å². The van der Waals surface area contributed by atoms with Crippen molar-refractivity contribution in [2.75, 3.05) is 25.6 Å². The third kappa shape index (κ3) is 3.40. The van der Waals surface area contributed by atoms with Gasteiger partial charge in [-0.25, -0.2) is 0 Å². The van der Waals surface area contributed by atoms with Crippen LogP contribution in [0.4, 0.5) is 5.69 Å². The molecule has 5 nitrogen and oxygen atoms in total. The van der Waals surface area contributed by atoms with Crippen LogP contribution in [0.15, 0.2) is 24.3 Å². The lowest BCUT2D eigenvalue weighted by Gasteiger charge is -2.17. The molecule has 2 rings (SSSR count). The summed E-state index contributed by atoms with van der Waals surface area (Å²) < 4.78 is 5.15. The Kier molecular flexibility index (Phi) is 5.41. The fraction of sp³-hybridized carbons (Fsp3) is 0.529. The van der Waals surface area contributed by atoms with Crippen LogP contribution in [-0.4, -0.2) is 32.5 Å². The number of rotatable bonds is 6. The van der Waals surface area contributed by atoms with E-state index in [2.05, 4.69) is 12.2 Å². The number of carbonyl (C=O) groups is 2. The largest absolute Gasteiger partial charge is 0.497 e. The Labute approximate surface area is 131 Å². The van der Waals surface area contributed by atoms with E-state index in [1.165, 1.54) is 0 Å². The van der Waals surface area contributed by atoms with Gasteiger partial charge in [-0.3, -0.25) is 9.59 Å². The number of methoxy groups -OCH3 is 1. The SMILES string of the molecule is CCC[C@H]1CN(c2ccc(OC)cc2)C(=O)[C@@H]1CC(=O)NC. The zero-order valence-electron chi connectivity index (χ0n) is 13.5. The minimum Gasteiger partial charge on any atom is -0.497 e. The molecule has 1 aliphatic heterocycles. The second-order valence-corrected chi connectivity index (χ2v) is 5.68. The van der Waals surface area contributed by atoms with Crippen LogP contribution in [-0.2, 0) is 9.59 Å². The van der Waals surface area contributed by atoms with Gasteiger partial charge in [0.15, 0.2) is 0 Å². The summed E-state index contributed by atoms with van der Waals surface area (Å²) in [6.07, 6.45) is 2.24. The molecule has 5 heteroatoms. The lowest BCUT2D eigenvalue weighted by Crippen LogP contribution is -2.30. The average molecular weight is 304 g/mol. The number of ether oxygens (including phenoxy) is 1. The van der Waals surface area contributed by atoms with Gasteiger partial charge in [0.1, 0.15) is 5.75 Å². The van der Waals surface area contributed by atoms with Crippen molar-refractivity contribution in [2.45, 2.75) is 26.2 Å². The van der Waals surface area contributed by atoms with Crippen LogP contribution < -0.4 is 15.0 Å². The first-order valence-electron chi connectivity index (χ1n) is 7.76. The molecule has 0 unspecified atom stereocenters. The standard InChI is InChI=1S/C17H24N2O3/c1-4-5-12-11-19(13-6-8-14(22-3)9-7-13)17(21)15(12)10-16(20)18-2/h6-9,12,15H,4-5,10-11H2,1-3H3,(H,18,20)/t12-,15+/m0/s1. The highest BCUT2D eigenvalue weighted by Crippen LogP contribution is 2.34. The van der Waals surface area contributed by atoms with Gasteiger partial charge in [-0.15, -0.1) is 0 Å². The molecule has 0 bridgehead atoms. The zero-order chi connectivity index (χ0) is 16.1. The van der Waals surface area contributed by atoms with Crippen LogP contribution in [0.3, 0.4) is 0 Å². The van der Waals surface area contributed by atoms with Crippen molar-refractivity contribution in [1.82, 2.24) is 5.32 Å². The third-order valence-electron chi connectivity index (χ3n) is 4.30. The van der Waals surface area contributed by atoms with Crippen LogP contribution in [0.5, 0.6) is 5.75 Å². The molecule has 0 spiro atoms. The molecule has 0 radical (unpaired) electrons. The molecule has 22 heavy (non-hydrogen) atoms. The van der Waals surface area contributed by atoms with Crippen LogP contribution in [0.25, 0.3) is 0 Å². The summed E-state index contributed by atoms with van der Waals surface area (Å²) >= 11 is 0. The first kappa shape index (κ1) is 16.3. The fourth-order valence-electron chi connectivity index (χ4n) is 3.07. The predicted octanol–water partition coefficient (Wildman–Crippen LogP) is 2.21. The lowest BCUT2D eigenvalue weighted by atomic mass is 9.88. The predicted molar refractivity (Wildman–Crippen MR) is 85.9 cm³/mol. The van der Waals surface area contributed by atoms with Gasteiger partial charge in [-0.05, 0) is 36.6 Å². The summed E-state index contributed by atoms with van der Waals surface area (Å²) in [6, 6.07) is 7.48. The topological polar surface area (TPSA) is 58.6 Å². The first-order chi connectivity index (χ1) is 10.6. The first-order valence-corrected chi connectivity index (χ1v) is 7.76. The number of hydrogen-bond donors (Lipinski definition) is 1. The molecule has 1 heterocycles. The summed E-state index contributed by atoms with van der Waals surface area (Å²) in [5.74, 6) is 0.754. The summed E-state index contributed by atoms with van der Waals surface area (Å²) in [5, 5.41) is 2.62. The minimum atomic E-state index is -0.220. The number of nitrogens with one attached hydrogen (secondary N) is 1. The number of carbonyl (C=O) groups excluding carboxylic acids is 2. The van der Waals surface area contributed by atoms with Crippen LogP contribution in [0.2, 0.25) is 0 Å². The molecule has 1 aromatic carbocycles. The molecule has 1 saturated heterocycles. The van der Waals surface area contributed by atoms with Gasteiger partial charge in [0.2, 0.25) is 11.8 Å². The molecule has 120 valence electrons. The van der Waals surface area contributed by atoms with Gasteiger partial charge < -0.3 is 15.0 Å². The molecular weight excluding hydrogens is 280 g/mol. The van der Waals surface area contributed by atoms with E-state index in [0.717, 1.165) is 24.3 Å². The third-order valence-corrected chi connectivity index (χ3v) is 4.30. The normalized spacial score (nSPS) is 21.0. The molecule has 0 aromatic heterocycles. The Hall–Kier alpha value is -2.04. The van der Waals surface area contributed by atoms with Gasteiger partial charge in [0.25, 0.3) is 0 Å². The Morgan fingerprint density at radius 2 is 2.05 bits per heavy atom. The maximum Gasteiger partial charge on any atom is 0.230 e. The van der Waals surface area contributed by atoms with E-state index in [0.29, 0.717) is 6.54 Å². The van der Waals surface area contributed by atoms with Gasteiger partial charge in [-0.2, -0.15) is 0 Å². The number of anilines is 1. The van der Waals surface area contributed by atoms with Gasteiger partial charge in [-0.1, -0.05) is 13.3 Å². The van der Waals surface area contributed by atoms with Crippen molar-refractivity contribution >= 4 is 17.5 Å². The number of nitrogens with zero attached hydrogens (tertiary/aromatic N) is 1. The highest BCUT2D eigenvalue weighted by molar-refractivity contribution is 5.99. The Morgan fingerprint density at radius 1 is 1.36 bits per heavy atom. The second kappa shape index (κ2) is 7.29. The molecule has 1 aromatic rings. The molecule has 1 aliphatic rings. The molecule has 2 amide bonds. The van der Waals surface area contributed by atoms with Crippen LogP contribution in [0.1, 0.15) is 26.2 Å². The Morgan fingerprint density at radius 3 is 2.59 bits per heavy atom. The average Bonchev–Trinajstić information content (AvgIpc) is 2.84. The van der Waals surface area contributed by atoms with Crippen LogP contribution in [0, 0.1) is 11.8 Å². The second-order valence-electron chi connectivity index (χ2n) is 5.68. The van der Waals surface area contributed by atoms with Gasteiger partial charge >= 0.3 is 0 Å². The summed E-state index contributed by atoms with van der Waals surface area (Å²) in [4.78, 5) is 26.2. The molecule has 0 aliphatic carbocycles. The van der Waals surface area contributed by atoms with E-state index in [-0.39, 0.29) is 30.1 Å². The maximum absolute atomic E-state index is 12.7. The van der Waals surface area contributed by atoms with E-state index in [1.54, 1.807) is 19.1 Å². The van der Waals surface area contributed by atoms with Crippen molar-refractivity contribution < 1.29 is 14.3 Å². The van der Waals surface area contributed by atoms with Crippen molar-refractivity contribution in [3.8, 4) is 5.75 Å². The number of hydrogen-bond acceptors (Lipinski definition) is 3. The Bertz CT molecular complexity index is 527. The van der Waals surface area contributed by atoms with E-state index < -0.39 is 0 Å². The minimum absolute atomic E-state index is 0.0483. The smallest absolute Gasteiger partial charge is 0.230 e. The molecular formula is C17H24N2O3. The molecule has 1 N–H and O–H groups in total. The summed E-state index contributed by atoms with van der Waals surface area (Å²) in [7, 11) is 3.23. The fourth-order valence-corrected chi connectivity index (χ4v) is 3.07.